The smallest absolute Gasteiger partial charge is 0.257 e. The van der Waals surface area contributed by atoms with Crippen LogP contribution in [0.2, 0.25) is 0 Å². The maximum atomic E-state index is 13.2. The summed E-state index contributed by atoms with van der Waals surface area (Å²) in [7, 11) is 3.22. The first-order valence-corrected chi connectivity index (χ1v) is 9.78. The van der Waals surface area contributed by atoms with Gasteiger partial charge in [-0.25, -0.2) is 0 Å². The van der Waals surface area contributed by atoms with Crippen LogP contribution in [-0.4, -0.2) is 62.1 Å². The van der Waals surface area contributed by atoms with Gasteiger partial charge in [-0.15, -0.1) is 0 Å². The molecule has 0 N–H and O–H groups in total. The van der Waals surface area contributed by atoms with E-state index in [1.165, 1.54) is 19.4 Å². The second-order valence-corrected chi connectivity index (χ2v) is 7.92. The fraction of sp³-hybridized carbons (Fsp3) is 0.667. The molecule has 1 aliphatic carbocycles. The number of amides is 1. The zero-order chi connectivity index (χ0) is 18.7. The number of hydrogen-bond donors (Lipinski definition) is 0. The average Bonchev–Trinajstić information content (AvgIpc) is 3.47. The zero-order valence-corrected chi connectivity index (χ0v) is 16.5. The topological polar surface area (TPSA) is 42.0 Å². The molecule has 26 heavy (non-hydrogen) atoms. The van der Waals surface area contributed by atoms with Gasteiger partial charge in [0, 0.05) is 38.3 Å². The molecule has 1 unspecified atom stereocenters. The Morgan fingerprint density at radius 2 is 1.96 bits per heavy atom. The minimum Gasteiger partial charge on any atom is -0.497 e. The first kappa shape index (κ1) is 19.0. The van der Waals surface area contributed by atoms with E-state index in [9.17, 15) is 4.79 Å². The van der Waals surface area contributed by atoms with E-state index >= 15 is 0 Å². The van der Waals surface area contributed by atoms with Crippen molar-refractivity contribution in [1.29, 1.82) is 0 Å². The third-order valence-electron chi connectivity index (χ3n) is 5.64. The van der Waals surface area contributed by atoms with Crippen molar-refractivity contribution in [3.63, 3.8) is 0 Å². The largest absolute Gasteiger partial charge is 0.497 e. The molecule has 1 aliphatic heterocycles. The molecule has 2 aliphatic rings. The monoisotopic (exact) mass is 360 g/mol. The number of nitrogens with zero attached hydrogens (tertiary/aromatic N) is 2. The van der Waals surface area contributed by atoms with E-state index in [2.05, 4.69) is 18.7 Å². The summed E-state index contributed by atoms with van der Waals surface area (Å²) >= 11 is 0. The van der Waals surface area contributed by atoms with Crippen LogP contribution >= 0.6 is 0 Å². The van der Waals surface area contributed by atoms with Crippen LogP contribution in [0.5, 0.6) is 11.5 Å². The molecule has 1 saturated carbocycles. The lowest BCUT2D eigenvalue weighted by molar-refractivity contribution is 0.0701. The Morgan fingerprint density at radius 1 is 1.19 bits per heavy atom. The van der Waals surface area contributed by atoms with Crippen LogP contribution in [-0.2, 0) is 0 Å². The lowest BCUT2D eigenvalue weighted by Crippen LogP contribution is -2.46. The summed E-state index contributed by atoms with van der Waals surface area (Å²) in [6.07, 6.45) is 3.76. The molecule has 0 aromatic heterocycles. The van der Waals surface area contributed by atoms with Crippen molar-refractivity contribution >= 4 is 5.91 Å². The van der Waals surface area contributed by atoms with Crippen LogP contribution in [0.1, 0.15) is 43.5 Å². The summed E-state index contributed by atoms with van der Waals surface area (Å²) in [6.45, 7) is 8.41. The predicted octanol–water partition coefficient (Wildman–Crippen LogP) is 3.29. The van der Waals surface area contributed by atoms with Crippen molar-refractivity contribution in [1.82, 2.24) is 9.80 Å². The molecule has 1 aromatic carbocycles. The number of hydrogen-bond acceptors (Lipinski definition) is 4. The number of rotatable bonds is 6. The summed E-state index contributed by atoms with van der Waals surface area (Å²) in [5, 5.41) is 0. The first-order valence-electron chi connectivity index (χ1n) is 9.78. The quantitative estimate of drug-likeness (QED) is 0.781. The van der Waals surface area contributed by atoms with Gasteiger partial charge in [-0.2, -0.15) is 0 Å². The summed E-state index contributed by atoms with van der Waals surface area (Å²) in [5.41, 5.74) is 0.617. The van der Waals surface area contributed by atoms with Crippen molar-refractivity contribution < 1.29 is 14.3 Å². The van der Waals surface area contributed by atoms with Gasteiger partial charge in [0.15, 0.2) is 0 Å². The number of carbonyl (C=O) groups excluding carboxylic acids is 1. The van der Waals surface area contributed by atoms with Crippen molar-refractivity contribution in [2.45, 2.75) is 39.2 Å². The van der Waals surface area contributed by atoms with Gasteiger partial charge in [-0.05, 0) is 43.2 Å². The normalized spacial score (nSPS) is 21.6. The van der Waals surface area contributed by atoms with Gasteiger partial charge in [0.05, 0.1) is 19.8 Å². The molecule has 5 heteroatoms. The van der Waals surface area contributed by atoms with E-state index in [0.29, 0.717) is 29.0 Å². The SMILES string of the molecule is COc1ccc(C(=O)N2CCCN(CC3CC3)C(C(C)C)C2)c(OC)c1. The number of ether oxygens (including phenoxy) is 2. The Morgan fingerprint density at radius 3 is 2.58 bits per heavy atom. The van der Waals surface area contributed by atoms with Crippen LogP contribution in [0.25, 0.3) is 0 Å². The highest BCUT2D eigenvalue weighted by Gasteiger charge is 2.34. The van der Waals surface area contributed by atoms with E-state index < -0.39 is 0 Å². The minimum absolute atomic E-state index is 0.0587. The lowest BCUT2D eigenvalue weighted by Gasteiger charge is -2.34. The Balaban J connectivity index is 1.78. The molecule has 1 atom stereocenters. The van der Waals surface area contributed by atoms with Crippen molar-refractivity contribution in [2.24, 2.45) is 11.8 Å². The van der Waals surface area contributed by atoms with Crippen molar-refractivity contribution in [3.05, 3.63) is 23.8 Å². The molecule has 1 saturated heterocycles. The molecule has 0 radical (unpaired) electrons. The van der Waals surface area contributed by atoms with Crippen molar-refractivity contribution in [2.75, 3.05) is 40.4 Å². The van der Waals surface area contributed by atoms with Crippen LogP contribution in [0.3, 0.4) is 0 Å². The Kier molecular flexibility index (Phi) is 6.07. The van der Waals surface area contributed by atoms with E-state index in [-0.39, 0.29) is 5.91 Å². The van der Waals surface area contributed by atoms with Crippen LogP contribution in [0.15, 0.2) is 18.2 Å². The summed E-state index contributed by atoms with van der Waals surface area (Å²) in [4.78, 5) is 17.9. The second kappa shape index (κ2) is 8.30. The van der Waals surface area contributed by atoms with Gasteiger partial charge in [0.25, 0.3) is 5.91 Å². The summed E-state index contributed by atoms with van der Waals surface area (Å²) in [6, 6.07) is 5.85. The van der Waals surface area contributed by atoms with E-state index in [4.69, 9.17) is 9.47 Å². The number of carbonyl (C=O) groups is 1. The highest BCUT2D eigenvalue weighted by Crippen LogP contribution is 2.32. The molecule has 0 bridgehead atoms. The molecule has 3 rings (SSSR count). The van der Waals surface area contributed by atoms with Crippen LogP contribution in [0.4, 0.5) is 0 Å². The third kappa shape index (κ3) is 4.32. The molecule has 144 valence electrons. The molecule has 1 heterocycles. The van der Waals surface area contributed by atoms with E-state index in [1.54, 1.807) is 20.3 Å². The van der Waals surface area contributed by atoms with Gasteiger partial charge < -0.3 is 14.4 Å². The van der Waals surface area contributed by atoms with Crippen LogP contribution in [0, 0.1) is 11.8 Å². The summed E-state index contributed by atoms with van der Waals surface area (Å²) < 4.78 is 10.7. The number of methoxy groups -OCH3 is 2. The highest BCUT2D eigenvalue weighted by atomic mass is 16.5. The van der Waals surface area contributed by atoms with Gasteiger partial charge in [0.1, 0.15) is 11.5 Å². The predicted molar refractivity (Wildman–Crippen MR) is 103 cm³/mol. The Labute approximate surface area is 157 Å². The fourth-order valence-electron chi connectivity index (χ4n) is 3.88. The summed E-state index contributed by atoms with van der Waals surface area (Å²) in [5.74, 6) is 2.74. The van der Waals surface area contributed by atoms with Crippen molar-refractivity contribution in [3.8, 4) is 11.5 Å². The molecular formula is C21H32N2O3. The Hall–Kier alpha value is -1.75. The molecule has 0 spiro atoms. The molecule has 1 aromatic rings. The standard InChI is InChI=1S/C21H32N2O3/c1-15(2)19-14-23(11-5-10-22(19)13-16-6-7-16)21(24)18-9-8-17(25-3)12-20(18)26-4/h8-9,12,15-16,19H,5-7,10-11,13-14H2,1-4H3. The first-order chi connectivity index (χ1) is 12.5. The zero-order valence-electron chi connectivity index (χ0n) is 16.5. The molecular weight excluding hydrogens is 328 g/mol. The second-order valence-electron chi connectivity index (χ2n) is 7.92. The third-order valence-corrected chi connectivity index (χ3v) is 5.64. The Bertz CT molecular complexity index is 628. The van der Waals surface area contributed by atoms with Gasteiger partial charge in [-0.1, -0.05) is 13.8 Å². The maximum absolute atomic E-state index is 13.2. The maximum Gasteiger partial charge on any atom is 0.257 e. The average molecular weight is 360 g/mol. The van der Waals surface area contributed by atoms with Crippen LogP contribution < -0.4 is 9.47 Å². The minimum atomic E-state index is 0.0587. The fourth-order valence-corrected chi connectivity index (χ4v) is 3.88. The van der Waals surface area contributed by atoms with Gasteiger partial charge in [-0.3, -0.25) is 9.69 Å². The molecule has 1 amide bonds. The highest BCUT2D eigenvalue weighted by molar-refractivity contribution is 5.97. The van der Waals surface area contributed by atoms with Gasteiger partial charge >= 0.3 is 0 Å². The molecule has 5 nitrogen and oxygen atoms in total. The number of benzene rings is 1. The van der Waals surface area contributed by atoms with E-state index in [0.717, 1.165) is 32.0 Å². The van der Waals surface area contributed by atoms with Gasteiger partial charge in [0.2, 0.25) is 0 Å². The lowest BCUT2D eigenvalue weighted by atomic mass is 10.0. The van der Waals surface area contributed by atoms with E-state index in [1.807, 2.05) is 17.0 Å². The molecule has 2 fully saturated rings.